The van der Waals surface area contributed by atoms with Crippen molar-refractivity contribution in [1.82, 2.24) is 4.72 Å². The van der Waals surface area contributed by atoms with E-state index in [0.717, 1.165) is 0 Å². The fourth-order valence-electron chi connectivity index (χ4n) is 1.04. The number of sulfonamides is 1. The van der Waals surface area contributed by atoms with Gasteiger partial charge in [0.15, 0.2) is 0 Å². The summed E-state index contributed by atoms with van der Waals surface area (Å²) < 4.78 is 51.6. The molecule has 0 radical (unpaired) electrons. The summed E-state index contributed by atoms with van der Waals surface area (Å²) in [4.78, 5) is -0.264. The normalized spacial score (nSPS) is 12.1. The van der Waals surface area contributed by atoms with Crippen LogP contribution >= 0.6 is 39.9 Å². The van der Waals surface area contributed by atoms with Crippen LogP contribution in [0.4, 0.5) is 8.78 Å². The zero-order chi connectivity index (χ0) is 14.0. The maximum Gasteiger partial charge on any atom is 0.273 e. The van der Waals surface area contributed by atoms with Crippen LogP contribution in [0.1, 0.15) is 0 Å². The molecule has 1 rings (SSSR count). The highest BCUT2D eigenvalue weighted by Gasteiger charge is 2.30. The van der Waals surface area contributed by atoms with Gasteiger partial charge in [-0.3, -0.25) is 0 Å². The highest BCUT2D eigenvalue weighted by Crippen LogP contribution is 2.25. The Bertz CT molecular complexity index is 543. The third-order valence-corrected chi connectivity index (χ3v) is 4.38. The Balaban J connectivity index is 0.00000324. The third kappa shape index (κ3) is 5.49. The molecule has 0 unspecified atom stereocenters. The first kappa shape index (κ1) is 19.0. The SMILES string of the molecule is Cl.NCC(F)(F)CNS(=O)(=O)c1ccc(Br)cc1Cl. The largest absolute Gasteiger partial charge is 0.325 e. The molecule has 0 aliphatic heterocycles. The molecule has 0 aromatic heterocycles. The molecule has 10 heteroatoms. The van der Waals surface area contributed by atoms with Crippen molar-refractivity contribution in [2.45, 2.75) is 10.8 Å². The molecule has 19 heavy (non-hydrogen) atoms. The van der Waals surface area contributed by atoms with Crippen molar-refractivity contribution in [2.75, 3.05) is 13.1 Å². The Labute approximate surface area is 129 Å². The zero-order valence-corrected chi connectivity index (χ0v) is 13.3. The molecular weight excluding hydrogens is 389 g/mol. The quantitative estimate of drug-likeness (QED) is 0.798. The molecule has 110 valence electrons. The lowest BCUT2D eigenvalue weighted by molar-refractivity contribution is 0.0170. The van der Waals surface area contributed by atoms with E-state index >= 15 is 0 Å². The second kappa shape index (κ2) is 7.14. The number of nitrogens with one attached hydrogen (secondary N) is 1. The summed E-state index contributed by atoms with van der Waals surface area (Å²) in [7, 11) is -4.09. The van der Waals surface area contributed by atoms with E-state index in [4.69, 9.17) is 17.3 Å². The predicted molar refractivity (Wildman–Crippen MR) is 75.6 cm³/mol. The standard InChI is InChI=1S/C9H10BrClF2N2O2S.ClH/c10-6-1-2-8(7(11)3-6)18(16,17)15-5-9(12,13)4-14;/h1-3,15H,4-5,14H2;1H. The minimum absolute atomic E-state index is 0. The molecule has 0 aliphatic rings. The first-order chi connectivity index (χ1) is 8.18. The van der Waals surface area contributed by atoms with Crippen molar-refractivity contribution < 1.29 is 17.2 Å². The average Bonchev–Trinajstić information content (AvgIpc) is 2.26. The fraction of sp³-hybridized carbons (Fsp3) is 0.333. The molecule has 0 fully saturated rings. The van der Waals surface area contributed by atoms with Crippen LogP contribution in [-0.2, 0) is 10.0 Å². The summed E-state index contributed by atoms with van der Waals surface area (Å²) >= 11 is 8.85. The molecule has 4 nitrogen and oxygen atoms in total. The lowest BCUT2D eigenvalue weighted by Crippen LogP contribution is -2.41. The topological polar surface area (TPSA) is 72.2 Å². The Morgan fingerprint density at radius 3 is 2.47 bits per heavy atom. The van der Waals surface area contributed by atoms with Crippen LogP contribution in [0.5, 0.6) is 0 Å². The van der Waals surface area contributed by atoms with E-state index in [-0.39, 0.29) is 22.3 Å². The van der Waals surface area contributed by atoms with Crippen LogP contribution in [0, 0.1) is 0 Å². The van der Waals surface area contributed by atoms with Gasteiger partial charge >= 0.3 is 0 Å². The Hall–Kier alpha value is 0.01000. The molecule has 0 saturated heterocycles. The number of benzene rings is 1. The van der Waals surface area contributed by atoms with Crippen LogP contribution in [0.15, 0.2) is 27.6 Å². The monoisotopic (exact) mass is 398 g/mol. The van der Waals surface area contributed by atoms with E-state index in [0.29, 0.717) is 4.47 Å². The van der Waals surface area contributed by atoms with Gasteiger partial charge in [0.2, 0.25) is 10.0 Å². The number of alkyl halides is 2. The summed E-state index contributed by atoms with van der Waals surface area (Å²) in [6.45, 7) is -2.01. The molecule has 0 bridgehead atoms. The van der Waals surface area contributed by atoms with Gasteiger partial charge in [-0.1, -0.05) is 27.5 Å². The highest BCUT2D eigenvalue weighted by molar-refractivity contribution is 9.10. The van der Waals surface area contributed by atoms with Crippen molar-refractivity contribution in [1.29, 1.82) is 0 Å². The van der Waals surface area contributed by atoms with E-state index < -0.39 is 29.0 Å². The summed E-state index contributed by atoms with van der Waals surface area (Å²) in [5.41, 5.74) is 4.81. The van der Waals surface area contributed by atoms with Gasteiger partial charge in [-0.05, 0) is 18.2 Å². The zero-order valence-electron chi connectivity index (χ0n) is 9.37. The summed E-state index contributed by atoms with van der Waals surface area (Å²) in [5.74, 6) is -3.30. The predicted octanol–water partition coefficient (Wildman–Crippen LogP) is 2.40. The third-order valence-electron chi connectivity index (χ3n) is 2.00. The second-order valence-electron chi connectivity index (χ2n) is 3.46. The number of hydrogen-bond donors (Lipinski definition) is 2. The Morgan fingerprint density at radius 1 is 1.42 bits per heavy atom. The summed E-state index contributed by atoms with van der Waals surface area (Å²) in [6, 6.07) is 4.02. The Kier molecular flexibility index (Phi) is 7.15. The summed E-state index contributed by atoms with van der Waals surface area (Å²) in [5, 5.41) is -0.0621. The first-order valence-corrected chi connectivity index (χ1v) is 7.36. The number of halogens is 5. The molecule has 0 saturated carbocycles. The van der Waals surface area contributed by atoms with Crippen LogP contribution in [-0.4, -0.2) is 27.4 Å². The molecule has 0 heterocycles. The average molecular weight is 400 g/mol. The fourth-order valence-corrected chi connectivity index (χ4v) is 3.14. The second-order valence-corrected chi connectivity index (χ2v) is 6.52. The van der Waals surface area contributed by atoms with E-state index in [1.165, 1.54) is 18.2 Å². The molecule has 0 aliphatic carbocycles. The van der Waals surface area contributed by atoms with Crippen molar-refractivity contribution >= 4 is 50.0 Å². The van der Waals surface area contributed by atoms with E-state index in [1.807, 2.05) is 0 Å². The Morgan fingerprint density at radius 2 is 2.00 bits per heavy atom. The molecule has 0 atom stereocenters. The minimum atomic E-state index is -4.09. The van der Waals surface area contributed by atoms with Crippen molar-refractivity contribution in [3.63, 3.8) is 0 Å². The molecule has 1 aromatic rings. The molecule has 0 amide bonds. The van der Waals surface area contributed by atoms with Gasteiger partial charge in [0.25, 0.3) is 5.92 Å². The molecule has 3 N–H and O–H groups in total. The molecule has 1 aromatic carbocycles. The van der Waals surface area contributed by atoms with Gasteiger partial charge in [0, 0.05) is 4.47 Å². The van der Waals surface area contributed by atoms with Gasteiger partial charge in [-0.2, -0.15) is 0 Å². The highest BCUT2D eigenvalue weighted by atomic mass is 79.9. The number of nitrogens with two attached hydrogens (primary N) is 1. The maximum atomic E-state index is 12.9. The van der Waals surface area contributed by atoms with Crippen molar-refractivity contribution in [2.24, 2.45) is 5.73 Å². The van der Waals surface area contributed by atoms with Gasteiger partial charge in [-0.25, -0.2) is 21.9 Å². The summed E-state index contributed by atoms with van der Waals surface area (Å²) in [6.07, 6.45) is 0. The van der Waals surface area contributed by atoms with Gasteiger partial charge in [0.05, 0.1) is 18.1 Å². The smallest absolute Gasteiger partial charge is 0.273 e. The number of hydrogen-bond acceptors (Lipinski definition) is 3. The lowest BCUT2D eigenvalue weighted by atomic mass is 10.3. The van der Waals surface area contributed by atoms with Crippen LogP contribution in [0.2, 0.25) is 5.02 Å². The number of rotatable bonds is 5. The minimum Gasteiger partial charge on any atom is -0.325 e. The van der Waals surface area contributed by atoms with E-state index in [2.05, 4.69) is 15.9 Å². The molecule has 0 spiro atoms. The van der Waals surface area contributed by atoms with Crippen molar-refractivity contribution in [3.8, 4) is 0 Å². The van der Waals surface area contributed by atoms with Gasteiger partial charge in [0.1, 0.15) is 4.90 Å². The van der Waals surface area contributed by atoms with Gasteiger partial charge in [-0.15, -0.1) is 12.4 Å². The molecular formula is C9H11BrCl2F2N2O2S. The van der Waals surface area contributed by atoms with Gasteiger partial charge < -0.3 is 5.73 Å². The van der Waals surface area contributed by atoms with Crippen molar-refractivity contribution in [3.05, 3.63) is 27.7 Å². The van der Waals surface area contributed by atoms with E-state index in [1.54, 1.807) is 4.72 Å². The van der Waals surface area contributed by atoms with Crippen LogP contribution in [0.3, 0.4) is 0 Å². The van der Waals surface area contributed by atoms with E-state index in [9.17, 15) is 17.2 Å². The van der Waals surface area contributed by atoms with Crippen LogP contribution < -0.4 is 10.5 Å². The first-order valence-electron chi connectivity index (χ1n) is 4.70. The maximum absolute atomic E-state index is 12.9. The lowest BCUT2D eigenvalue weighted by Gasteiger charge is -2.15. The van der Waals surface area contributed by atoms with Crippen LogP contribution in [0.25, 0.3) is 0 Å².